The summed E-state index contributed by atoms with van der Waals surface area (Å²) in [7, 11) is 1.63. The van der Waals surface area contributed by atoms with Crippen LogP contribution < -0.4 is 10.6 Å². The quantitative estimate of drug-likeness (QED) is 0.354. The number of terminal acetylenes is 1. The lowest BCUT2D eigenvalue weighted by Gasteiger charge is -2.30. The van der Waals surface area contributed by atoms with Gasteiger partial charge in [-0.2, -0.15) is 0 Å². The molecule has 9 heteroatoms. The molecule has 2 amide bonds. The minimum atomic E-state index is -1.11. The number of carbonyl (C=O) groups is 3. The van der Waals surface area contributed by atoms with E-state index in [1.165, 1.54) is 11.8 Å². The number of amides is 2. The van der Waals surface area contributed by atoms with E-state index in [-0.39, 0.29) is 18.9 Å². The second kappa shape index (κ2) is 9.17. The molecule has 0 radical (unpaired) electrons. The van der Waals surface area contributed by atoms with E-state index in [2.05, 4.69) is 21.5 Å². The molecule has 9 nitrogen and oxygen atoms in total. The third kappa shape index (κ3) is 4.51. The van der Waals surface area contributed by atoms with E-state index in [1.807, 2.05) is 0 Å². The molecule has 154 valence electrons. The number of nitrogens with one attached hydrogen (secondary N) is 2. The van der Waals surface area contributed by atoms with Gasteiger partial charge in [-0.25, -0.2) is 4.99 Å². The lowest BCUT2D eigenvalue weighted by Crippen LogP contribution is -2.58. The van der Waals surface area contributed by atoms with E-state index in [9.17, 15) is 19.5 Å². The van der Waals surface area contributed by atoms with E-state index >= 15 is 0 Å². The first-order valence-corrected chi connectivity index (χ1v) is 9.37. The lowest BCUT2D eigenvalue weighted by molar-refractivity contribution is -0.139. The number of aliphatic hydroxyl groups excluding tert-OH is 1. The Kier molecular flexibility index (Phi) is 7.16. The molecule has 1 saturated heterocycles. The van der Waals surface area contributed by atoms with Crippen LogP contribution in [0.4, 0.5) is 0 Å². The van der Waals surface area contributed by atoms with Gasteiger partial charge in [0.15, 0.2) is 11.8 Å². The second-order valence-corrected chi connectivity index (χ2v) is 7.27. The molecule has 0 saturated carbocycles. The molecule has 0 aliphatic carbocycles. The molecule has 1 fully saturated rings. The predicted octanol–water partition coefficient (Wildman–Crippen LogP) is -1.16. The van der Waals surface area contributed by atoms with Crippen LogP contribution >= 0.6 is 0 Å². The number of likely N-dealkylation sites (N-methyl/N-ethyl adjacent to an activating group) is 1. The zero-order chi connectivity index (χ0) is 20.9. The Bertz CT molecular complexity index is 686. The highest BCUT2D eigenvalue weighted by Gasteiger charge is 2.44. The average Bonchev–Trinajstić information content (AvgIpc) is 3.32. The SMILES string of the molecule is C#CC[C@]1(C=O)COC(C2CCCN2C(=O)C(NC(=O)C(C)NC)C(C)O)=N1. The maximum Gasteiger partial charge on any atom is 0.248 e. The number of likely N-dealkylation sites (tertiary alicyclic amines) is 1. The Morgan fingerprint density at radius 2 is 2.25 bits per heavy atom. The van der Waals surface area contributed by atoms with Gasteiger partial charge >= 0.3 is 0 Å². The van der Waals surface area contributed by atoms with Crippen molar-refractivity contribution in [2.24, 2.45) is 4.99 Å². The van der Waals surface area contributed by atoms with E-state index in [0.717, 1.165) is 6.42 Å². The van der Waals surface area contributed by atoms with Crippen molar-refractivity contribution < 1.29 is 24.2 Å². The number of hydrogen-bond donors (Lipinski definition) is 3. The Hall–Kier alpha value is -2.44. The molecule has 0 aromatic heterocycles. The highest BCUT2D eigenvalue weighted by atomic mass is 16.5. The molecule has 3 N–H and O–H groups in total. The number of hydrogen-bond acceptors (Lipinski definition) is 7. The molecular weight excluding hydrogens is 364 g/mol. The van der Waals surface area contributed by atoms with Crippen molar-refractivity contribution in [3.8, 4) is 12.3 Å². The van der Waals surface area contributed by atoms with E-state index in [4.69, 9.17) is 11.2 Å². The van der Waals surface area contributed by atoms with Gasteiger partial charge < -0.3 is 30.2 Å². The summed E-state index contributed by atoms with van der Waals surface area (Å²) in [6, 6.07) is -2.05. The standard InChI is InChI=1S/C19H28N4O5/c1-5-8-19(10-24)11-28-17(22-19)14-7-6-9-23(14)18(27)15(13(3)25)21-16(26)12(2)20-4/h1,10,12-15,20,25H,6-9,11H2,2-4H3,(H,21,26)/t12?,13?,14?,15?,19-/m0/s1. The second-order valence-electron chi connectivity index (χ2n) is 7.27. The molecule has 4 unspecified atom stereocenters. The maximum absolute atomic E-state index is 13.1. The van der Waals surface area contributed by atoms with Gasteiger partial charge in [0.2, 0.25) is 17.7 Å². The topological polar surface area (TPSA) is 120 Å². The van der Waals surface area contributed by atoms with Crippen LogP contribution in [0.25, 0.3) is 0 Å². The van der Waals surface area contributed by atoms with Crippen molar-refractivity contribution >= 4 is 24.0 Å². The predicted molar refractivity (Wildman–Crippen MR) is 103 cm³/mol. The molecule has 2 aliphatic rings. The van der Waals surface area contributed by atoms with Gasteiger partial charge in [-0.05, 0) is 33.7 Å². The van der Waals surface area contributed by atoms with Crippen LogP contribution in [0.2, 0.25) is 0 Å². The first-order valence-electron chi connectivity index (χ1n) is 9.37. The van der Waals surface area contributed by atoms with Crippen LogP contribution in [0.15, 0.2) is 4.99 Å². The summed E-state index contributed by atoms with van der Waals surface area (Å²) in [6.45, 7) is 3.59. The van der Waals surface area contributed by atoms with E-state index in [1.54, 1.807) is 14.0 Å². The van der Waals surface area contributed by atoms with Gasteiger partial charge in [0.25, 0.3) is 0 Å². The summed E-state index contributed by atoms with van der Waals surface area (Å²) in [6.07, 6.45) is 6.38. The zero-order valence-corrected chi connectivity index (χ0v) is 16.5. The highest BCUT2D eigenvalue weighted by Crippen LogP contribution is 2.28. The zero-order valence-electron chi connectivity index (χ0n) is 16.5. The fourth-order valence-electron chi connectivity index (χ4n) is 3.29. The van der Waals surface area contributed by atoms with Crippen LogP contribution in [0.1, 0.15) is 33.1 Å². The number of rotatable bonds is 8. The third-order valence-corrected chi connectivity index (χ3v) is 5.12. The number of nitrogens with zero attached hydrogens (tertiary/aromatic N) is 2. The van der Waals surface area contributed by atoms with Crippen LogP contribution in [0.3, 0.4) is 0 Å². The summed E-state index contributed by atoms with van der Waals surface area (Å²) in [5.41, 5.74) is -1.11. The van der Waals surface area contributed by atoms with Crippen molar-refractivity contribution in [2.45, 2.75) is 62.9 Å². The Labute approximate surface area is 164 Å². The molecule has 28 heavy (non-hydrogen) atoms. The van der Waals surface area contributed by atoms with Crippen molar-refractivity contribution in [2.75, 3.05) is 20.2 Å². The van der Waals surface area contributed by atoms with Crippen molar-refractivity contribution in [3.05, 3.63) is 0 Å². The van der Waals surface area contributed by atoms with Crippen LogP contribution in [-0.4, -0.2) is 84.0 Å². The smallest absolute Gasteiger partial charge is 0.248 e. The van der Waals surface area contributed by atoms with Gasteiger partial charge in [0.1, 0.15) is 18.7 Å². The molecule has 0 spiro atoms. The molecule has 2 aliphatic heterocycles. The van der Waals surface area contributed by atoms with E-state index < -0.39 is 35.7 Å². The first kappa shape index (κ1) is 21.9. The summed E-state index contributed by atoms with van der Waals surface area (Å²) in [5, 5.41) is 15.5. The normalized spacial score (nSPS) is 27.2. The number of aldehydes is 1. The highest BCUT2D eigenvalue weighted by molar-refractivity contribution is 5.95. The fraction of sp³-hybridized carbons (Fsp3) is 0.684. The summed E-state index contributed by atoms with van der Waals surface area (Å²) < 4.78 is 5.62. The average molecular weight is 392 g/mol. The molecule has 5 atom stereocenters. The van der Waals surface area contributed by atoms with Gasteiger partial charge in [-0.1, -0.05) is 0 Å². The van der Waals surface area contributed by atoms with Crippen molar-refractivity contribution in [1.29, 1.82) is 0 Å². The summed E-state index contributed by atoms with van der Waals surface area (Å²) in [4.78, 5) is 42.6. The first-order chi connectivity index (χ1) is 13.3. The monoisotopic (exact) mass is 392 g/mol. The van der Waals surface area contributed by atoms with Gasteiger partial charge in [-0.15, -0.1) is 12.3 Å². The van der Waals surface area contributed by atoms with Crippen molar-refractivity contribution in [1.82, 2.24) is 15.5 Å². The largest absolute Gasteiger partial charge is 0.476 e. The molecule has 0 bridgehead atoms. The minimum absolute atomic E-state index is 0.0464. The molecule has 0 aromatic carbocycles. The molecule has 2 heterocycles. The van der Waals surface area contributed by atoms with Crippen LogP contribution in [-0.2, 0) is 19.1 Å². The lowest BCUT2D eigenvalue weighted by atomic mass is 10.0. The third-order valence-electron chi connectivity index (χ3n) is 5.12. The van der Waals surface area contributed by atoms with E-state index in [0.29, 0.717) is 25.1 Å². The Morgan fingerprint density at radius 3 is 2.82 bits per heavy atom. The molecule has 2 rings (SSSR count). The molecular formula is C19H28N4O5. The number of carbonyl (C=O) groups excluding carboxylic acids is 3. The Balaban J connectivity index is 2.19. The van der Waals surface area contributed by atoms with Gasteiger partial charge in [0.05, 0.1) is 12.1 Å². The number of ether oxygens (including phenoxy) is 1. The summed E-state index contributed by atoms with van der Waals surface area (Å²) in [5.74, 6) is 1.93. The maximum atomic E-state index is 13.1. The fourth-order valence-corrected chi connectivity index (χ4v) is 3.29. The number of aliphatic imine (C=N–C) groups is 1. The van der Waals surface area contributed by atoms with Crippen molar-refractivity contribution in [3.63, 3.8) is 0 Å². The van der Waals surface area contributed by atoms with Crippen LogP contribution in [0, 0.1) is 12.3 Å². The van der Waals surface area contributed by atoms with Gasteiger partial charge in [0, 0.05) is 13.0 Å². The van der Waals surface area contributed by atoms with Gasteiger partial charge in [-0.3, -0.25) is 9.59 Å². The number of aliphatic hydroxyl groups is 1. The summed E-state index contributed by atoms with van der Waals surface area (Å²) >= 11 is 0. The Morgan fingerprint density at radius 1 is 1.54 bits per heavy atom. The minimum Gasteiger partial charge on any atom is -0.476 e. The molecule has 0 aromatic rings. The van der Waals surface area contributed by atoms with Crippen LogP contribution in [0.5, 0.6) is 0 Å².